The summed E-state index contributed by atoms with van der Waals surface area (Å²) in [4.78, 5) is 22.0. The highest BCUT2D eigenvalue weighted by Gasteiger charge is 2.33. The number of nitrogens with two attached hydrogens (primary N) is 1. The number of rotatable bonds is 3. The Morgan fingerprint density at radius 2 is 2.11 bits per heavy atom. The van der Waals surface area contributed by atoms with E-state index in [1.165, 1.54) is 6.07 Å². The van der Waals surface area contributed by atoms with Crippen LogP contribution in [0, 0.1) is 0 Å². The first-order valence-corrected chi connectivity index (χ1v) is 8.38. The summed E-state index contributed by atoms with van der Waals surface area (Å²) in [6.07, 6.45) is -2.40. The van der Waals surface area contributed by atoms with E-state index in [1.54, 1.807) is 12.3 Å². The van der Waals surface area contributed by atoms with Gasteiger partial charge in [0.05, 0.1) is 10.6 Å². The number of amides is 2. The van der Waals surface area contributed by atoms with Crippen molar-refractivity contribution in [2.24, 2.45) is 0 Å². The molecule has 1 fully saturated rings. The maximum absolute atomic E-state index is 12.9. The summed E-state index contributed by atoms with van der Waals surface area (Å²) in [5.74, 6) is 0.810. The Morgan fingerprint density at radius 3 is 2.81 bits per heavy atom. The zero-order chi connectivity index (χ0) is 19.6. The van der Waals surface area contributed by atoms with Gasteiger partial charge in [-0.3, -0.25) is 0 Å². The smallest absolute Gasteiger partial charge is 0.368 e. The molecule has 1 atom stereocenters. The van der Waals surface area contributed by atoms with Crippen LogP contribution in [-0.2, 0) is 6.18 Å². The molecule has 2 heterocycles. The minimum atomic E-state index is -4.60. The predicted molar refractivity (Wildman–Crippen MR) is 95.7 cm³/mol. The number of nitrogens with one attached hydrogen (secondary N) is 2. The highest BCUT2D eigenvalue weighted by atomic mass is 35.5. The van der Waals surface area contributed by atoms with Crippen LogP contribution in [0.1, 0.15) is 12.0 Å². The molecule has 0 unspecified atom stereocenters. The number of hydrogen-bond acceptors (Lipinski definition) is 5. The lowest BCUT2D eigenvalue weighted by atomic mass is 10.2. The Morgan fingerprint density at radius 1 is 1.33 bits per heavy atom. The van der Waals surface area contributed by atoms with Crippen LogP contribution in [-0.4, -0.2) is 35.1 Å². The fourth-order valence-corrected chi connectivity index (χ4v) is 3.02. The van der Waals surface area contributed by atoms with Crippen LogP contribution in [0.15, 0.2) is 30.5 Å². The van der Waals surface area contributed by atoms with Gasteiger partial charge in [-0.2, -0.15) is 18.2 Å². The van der Waals surface area contributed by atoms with E-state index in [9.17, 15) is 18.0 Å². The number of carbonyl (C=O) groups is 1. The number of aromatic nitrogens is 2. The number of nitrogen functional groups attached to an aromatic ring is 1. The average Bonchev–Trinajstić information content (AvgIpc) is 3.04. The largest absolute Gasteiger partial charge is 0.417 e. The van der Waals surface area contributed by atoms with Crippen molar-refractivity contribution < 1.29 is 18.0 Å². The first-order chi connectivity index (χ1) is 12.7. The topological polar surface area (TPSA) is 96.2 Å². The van der Waals surface area contributed by atoms with Gasteiger partial charge in [0.1, 0.15) is 5.82 Å². The van der Waals surface area contributed by atoms with Crippen molar-refractivity contribution in [2.75, 3.05) is 29.0 Å². The predicted octanol–water partition coefficient (Wildman–Crippen LogP) is 3.13. The van der Waals surface area contributed by atoms with Gasteiger partial charge >= 0.3 is 12.2 Å². The highest BCUT2D eigenvalue weighted by Crippen LogP contribution is 2.36. The fourth-order valence-electron chi connectivity index (χ4n) is 2.80. The number of benzene rings is 1. The van der Waals surface area contributed by atoms with Crippen molar-refractivity contribution in [1.82, 2.24) is 15.3 Å². The molecule has 0 spiro atoms. The molecule has 11 heteroatoms. The Kier molecular flexibility index (Phi) is 5.26. The lowest BCUT2D eigenvalue weighted by Gasteiger charge is -2.18. The van der Waals surface area contributed by atoms with Crippen molar-refractivity contribution in [1.29, 1.82) is 0 Å². The number of alkyl halides is 3. The second-order valence-corrected chi connectivity index (χ2v) is 6.40. The SMILES string of the molecule is Nc1nccc(N2CC[C@@H](NC(=O)Nc3ccc(Cl)c(C(F)(F)F)c3)C2)n1. The van der Waals surface area contributed by atoms with Crippen LogP contribution < -0.4 is 21.3 Å². The number of anilines is 3. The summed E-state index contributed by atoms with van der Waals surface area (Å²) in [6.45, 7) is 1.15. The summed E-state index contributed by atoms with van der Waals surface area (Å²) < 4.78 is 38.7. The molecule has 7 nitrogen and oxygen atoms in total. The number of halogens is 4. The Balaban J connectivity index is 1.59. The minimum Gasteiger partial charge on any atom is -0.368 e. The van der Waals surface area contributed by atoms with Crippen molar-refractivity contribution >= 4 is 35.1 Å². The van der Waals surface area contributed by atoms with Crippen molar-refractivity contribution in [3.05, 3.63) is 41.0 Å². The Hall–Kier alpha value is -2.75. The maximum Gasteiger partial charge on any atom is 0.417 e. The van der Waals surface area contributed by atoms with Crippen molar-refractivity contribution in [3.8, 4) is 0 Å². The zero-order valence-electron chi connectivity index (χ0n) is 13.9. The molecule has 144 valence electrons. The molecule has 0 saturated carbocycles. The molecule has 27 heavy (non-hydrogen) atoms. The molecule has 1 saturated heterocycles. The van der Waals surface area contributed by atoms with E-state index in [0.29, 0.717) is 25.3 Å². The Bertz CT molecular complexity index is 847. The molecular weight excluding hydrogens is 385 g/mol. The number of nitrogens with zero attached hydrogens (tertiary/aromatic N) is 3. The molecule has 1 aromatic carbocycles. The van der Waals surface area contributed by atoms with Crippen LogP contribution in [0.3, 0.4) is 0 Å². The van der Waals surface area contributed by atoms with E-state index in [1.807, 2.05) is 4.90 Å². The monoisotopic (exact) mass is 400 g/mol. The van der Waals surface area contributed by atoms with Crippen LogP contribution in [0.5, 0.6) is 0 Å². The second kappa shape index (κ2) is 7.47. The van der Waals surface area contributed by atoms with Crippen molar-refractivity contribution in [2.45, 2.75) is 18.6 Å². The summed E-state index contributed by atoms with van der Waals surface area (Å²) in [5.41, 5.74) is 4.56. The molecule has 1 aliphatic rings. The number of hydrogen-bond donors (Lipinski definition) is 3. The highest BCUT2D eigenvalue weighted by molar-refractivity contribution is 6.31. The molecule has 2 aromatic rings. The molecule has 1 aromatic heterocycles. The summed E-state index contributed by atoms with van der Waals surface area (Å²) in [6, 6.07) is 4.13. The molecule has 2 amide bonds. The average molecular weight is 401 g/mol. The van der Waals surface area contributed by atoms with E-state index in [0.717, 1.165) is 12.1 Å². The summed E-state index contributed by atoms with van der Waals surface area (Å²) in [5, 5.41) is 4.71. The first-order valence-electron chi connectivity index (χ1n) is 8.00. The quantitative estimate of drug-likeness (QED) is 0.735. The third-order valence-electron chi connectivity index (χ3n) is 4.04. The molecule has 3 rings (SSSR count). The normalized spacial score (nSPS) is 17.0. The van der Waals surface area contributed by atoms with E-state index in [4.69, 9.17) is 17.3 Å². The maximum atomic E-state index is 12.9. The van der Waals surface area contributed by atoms with Crippen LogP contribution >= 0.6 is 11.6 Å². The number of carbonyl (C=O) groups excluding carboxylic acids is 1. The van der Waals surface area contributed by atoms with Gasteiger partial charge < -0.3 is 21.3 Å². The van der Waals surface area contributed by atoms with Gasteiger partial charge in [-0.15, -0.1) is 0 Å². The Labute approximate surface area is 157 Å². The van der Waals surface area contributed by atoms with Crippen LogP contribution in [0.25, 0.3) is 0 Å². The molecule has 0 bridgehead atoms. The lowest BCUT2D eigenvalue weighted by molar-refractivity contribution is -0.137. The van der Waals surface area contributed by atoms with Gasteiger partial charge in [0.15, 0.2) is 0 Å². The summed E-state index contributed by atoms with van der Waals surface area (Å²) in [7, 11) is 0. The van der Waals surface area contributed by atoms with Gasteiger partial charge in [0.2, 0.25) is 5.95 Å². The fraction of sp³-hybridized carbons (Fsp3) is 0.312. The van der Waals surface area contributed by atoms with E-state index < -0.39 is 22.8 Å². The van der Waals surface area contributed by atoms with Gasteiger partial charge in [0.25, 0.3) is 0 Å². The molecule has 0 radical (unpaired) electrons. The van der Waals surface area contributed by atoms with E-state index >= 15 is 0 Å². The van der Waals surface area contributed by atoms with Crippen LogP contribution in [0.4, 0.5) is 35.4 Å². The van der Waals surface area contributed by atoms with Gasteiger partial charge in [-0.25, -0.2) is 9.78 Å². The second-order valence-electron chi connectivity index (χ2n) is 6.00. The molecule has 0 aliphatic carbocycles. The third kappa shape index (κ3) is 4.70. The molecular formula is C16H16ClF3N6O. The first kappa shape index (κ1) is 19.0. The van der Waals surface area contributed by atoms with Crippen LogP contribution in [0.2, 0.25) is 5.02 Å². The van der Waals surface area contributed by atoms with E-state index in [-0.39, 0.29) is 17.7 Å². The minimum absolute atomic E-state index is 0.00246. The molecule has 1 aliphatic heterocycles. The van der Waals surface area contributed by atoms with Gasteiger partial charge in [0, 0.05) is 31.0 Å². The third-order valence-corrected chi connectivity index (χ3v) is 4.37. The van der Waals surface area contributed by atoms with Gasteiger partial charge in [-0.05, 0) is 30.7 Å². The molecule has 4 N–H and O–H groups in total. The standard InChI is InChI=1S/C16H16ClF3N6O/c17-12-2-1-9(7-11(12)16(18,19)20)23-15(27)24-10-4-6-26(8-10)13-3-5-22-14(21)25-13/h1-3,5,7,10H,4,6,8H2,(H2,21,22,25)(H2,23,24,27)/t10-/m1/s1. The summed E-state index contributed by atoms with van der Waals surface area (Å²) >= 11 is 5.57. The van der Waals surface area contributed by atoms with Gasteiger partial charge in [-0.1, -0.05) is 11.6 Å². The van der Waals surface area contributed by atoms with Crippen molar-refractivity contribution in [3.63, 3.8) is 0 Å². The zero-order valence-corrected chi connectivity index (χ0v) is 14.7. The number of urea groups is 1. The van der Waals surface area contributed by atoms with E-state index in [2.05, 4.69) is 20.6 Å². The lowest BCUT2D eigenvalue weighted by Crippen LogP contribution is -2.39.